The Labute approximate surface area is 262 Å². The Morgan fingerprint density at radius 3 is 2.36 bits per heavy atom. The third-order valence-electron chi connectivity index (χ3n) is 7.75. The van der Waals surface area contributed by atoms with Crippen LogP contribution in [0.4, 0.5) is 4.79 Å². The molecule has 1 saturated heterocycles. The average Bonchev–Trinajstić information content (AvgIpc) is 3.82. The molecule has 2 fully saturated rings. The number of benzene rings is 1. The number of amides is 3. The van der Waals surface area contributed by atoms with Crippen molar-refractivity contribution in [3.8, 4) is 11.5 Å². The molecule has 3 atom stereocenters. The molecule has 2 aliphatic rings. The number of likely N-dealkylation sites (tertiary alicyclic amines) is 1. The van der Waals surface area contributed by atoms with E-state index in [1.165, 1.54) is 4.90 Å². The number of carbonyl (C=O) groups is 3. The van der Waals surface area contributed by atoms with Crippen LogP contribution in [0.15, 0.2) is 18.2 Å². The molecule has 248 valence electrons. The maximum atomic E-state index is 14.2. The van der Waals surface area contributed by atoms with E-state index in [9.17, 15) is 19.5 Å². The highest BCUT2D eigenvalue weighted by atomic mass is 16.6. The van der Waals surface area contributed by atoms with E-state index < -0.39 is 29.6 Å². The van der Waals surface area contributed by atoms with E-state index in [1.807, 2.05) is 36.9 Å². The second-order valence-electron chi connectivity index (χ2n) is 13.4. The van der Waals surface area contributed by atoms with Crippen molar-refractivity contribution in [1.29, 1.82) is 0 Å². The van der Waals surface area contributed by atoms with E-state index >= 15 is 0 Å². The topological polar surface area (TPSA) is 127 Å². The quantitative estimate of drug-likeness (QED) is 0.282. The van der Waals surface area contributed by atoms with Crippen molar-refractivity contribution in [1.82, 2.24) is 15.1 Å². The number of nitrogens with one attached hydrogen (secondary N) is 1. The number of aliphatic hydroxyl groups is 1. The summed E-state index contributed by atoms with van der Waals surface area (Å²) < 4.78 is 22.2. The summed E-state index contributed by atoms with van der Waals surface area (Å²) in [6, 6.07) is 5.40. The Morgan fingerprint density at radius 2 is 1.77 bits per heavy atom. The van der Waals surface area contributed by atoms with E-state index in [2.05, 4.69) is 5.32 Å². The molecule has 1 heterocycles. The number of methoxy groups -OCH3 is 2. The van der Waals surface area contributed by atoms with Gasteiger partial charge in [0.1, 0.15) is 5.60 Å². The molecule has 0 spiro atoms. The lowest BCUT2D eigenvalue weighted by molar-refractivity contribution is -0.140. The molecule has 0 radical (unpaired) electrons. The summed E-state index contributed by atoms with van der Waals surface area (Å²) in [4.78, 5) is 44.1. The average molecular weight is 620 g/mol. The molecule has 1 aliphatic heterocycles. The predicted molar refractivity (Wildman–Crippen MR) is 166 cm³/mol. The lowest BCUT2D eigenvalue weighted by Gasteiger charge is -2.39. The van der Waals surface area contributed by atoms with E-state index in [0.717, 1.165) is 24.8 Å². The zero-order chi connectivity index (χ0) is 32.4. The summed E-state index contributed by atoms with van der Waals surface area (Å²) in [5, 5.41) is 12.8. The monoisotopic (exact) mass is 619 g/mol. The van der Waals surface area contributed by atoms with Gasteiger partial charge in [0.2, 0.25) is 11.8 Å². The van der Waals surface area contributed by atoms with Crippen molar-refractivity contribution in [3.05, 3.63) is 23.8 Å². The van der Waals surface area contributed by atoms with Crippen LogP contribution in [0.2, 0.25) is 0 Å². The van der Waals surface area contributed by atoms with Gasteiger partial charge in [0.25, 0.3) is 0 Å². The summed E-state index contributed by atoms with van der Waals surface area (Å²) >= 11 is 0. The standard InChI is InChI=1S/C33H53N3O8/c1-22(2)15-26(21-37)34-30(38)24-17-25(20-35(19-24)32(40)44-33(3,4)5)31(39)36(27-10-11-27)18-23-9-12-28(29(16-23)42-7)43-14-8-13-41-6/h9,12,16,22,24-27,37H,8,10-11,13-15,17-21H2,1-7H3,(H,34,38)/t24-,25+,26?/m0/s1. The number of hydrogen-bond donors (Lipinski definition) is 2. The molecule has 1 aliphatic carbocycles. The third kappa shape index (κ3) is 10.8. The molecule has 0 bridgehead atoms. The lowest BCUT2D eigenvalue weighted by atomic mass is 9.87. The van der Waals surface area contributed by atoms with Crippen LogP contribution in [-0.4, -0.2) is 97.6 Å². The zero-order valence-corrected chi connectivity index (χ0v) is 27.6. The van der Waals surface area contributed by atoms with Crippen molar-refractivity contribution in [2.24, 2.45) is 17.8 Å². The highest BCUT2D eigenvalue weighted by molar-refractivity contribution is 5.84. The highest BCUT2D eigenvalue weighted by Gasteiger charge is 2.43. The van der Waals surface area contributed by atoms with E-state index in [-0.39, 0.29) is 43.5 Å². The fourth-order valence-electron chi connectivity index (χ4n) is 5.53. The van der Waals surface area contributed by atoms with Gasteiger partial charge in [-0.2, -0.15) is 0 Å². The van der Waals surface area contributed by atoms with Gasteiger partial charge < -0.3 is 39.2 Å². The third-order valence-corrected chi connectivity index (χ3v) is 7.75. The first kappa shape index (κ1) is 35.4. The van der Waals surface area contributed by atoms with Gasteiger partial charge in [0.05, 0.1) is 38.2 Å². The van der Waals surface area contributed by atoms with Gasteiger partial charge in [-0.05, 0) is 70.1 Å². The minimum absolute atomic E-state index is 0.0849. The van der Waals surface area contributed by atoms with Gasteiger partial charge in [0.15, 0.2) is 11.5 Å². The van der Waals surface area contributed by atoms with Crippen molar-refractivity contribution >= 4 is 17.9 Å². The maximum Gasteiger partial charge on any atom is 0.410 e. The summed E-state index contributed by atoms with van der Waals surface area (Å²) in [5.41, 5.74) is 0.184. The van der Waals surface area contributed by atoms with Crippen molar-refractivity contribution < 1.29 is 38.4 Å². The molecular weight excluding hydrogens is 566 g/mol. The van der Waals surface area contributed by atoms with Crippen LogP contribution in [0.25, 0.3) is 0 Å². The Bertz CT molecular complexity index is 1100. The van der Waals surface area contributed by atoms with Crippen LogP contribution in [0.3, 0.4) is 0 Å². The molecule has 11 nitrogen and oxygen atoms in total. The molecule has 1 saturated carbocycles. The summed E-state index contributed by atoms with van der Waals surface area (Å²) in [5.74, 6) is -0.0261. The number of piperidine rings is 1. The fourth-order valence-corrected chi connectivity index (χ4v) is 5.53. The Hall–Kier alpha value is -3.05. The molecule has 1 aromatic carbocycles. The SMILES string of the molecule is COCCCOc1ccc(CN(C(=O)[C@@H]2C[C@H](C(=O)NC(CO)CC(C)C)CN(C(=O)OC(C)(C)C)C2)C2CC2)cc1OC. The van der Waals surface area contributed by atoms with Crippen LogP contribution in [-0.2, 0) is 25.6 Å². The smallest absolute Gasteiger partial charge is 0.410 e. The molecule has 44 heavy (non-hydrogen) atoms. The Balaban J connectivity index is 1.79. The van der Waals surface area contributed by atoms with Crippen molar-refractivity contribution in [2.75, 3.05) is 47.1 Å². The van der Waals surface area contributed by atoms with Crippen LogP contribution in [0, 0.1) is 17.8 Å². The van der Waals surface area contributed by atoms with E-state index in [0.29, 0.717) is 44.1 Å². The second-order valence-corrected chi connectivity index (χ2v) is 13.4. The van der Waals surface area contributed by atoms with Crippen LogP contribution in [0.1, 0.15) is 72.3 Å². The van der Waals surface area contributed by atoms with Crippen molar-refractivity contribution in [2.45, 2.75) is 91.0 Å². The molecule has 11 heteroatoms. The zero-order valence-electron chi connectivity index (χ0n) is 27.6. The summed E-state index contributed by atoms with van der Waals surface area (Å²) in [7, 11) is 3.24. The molecule has 2 N–H and O–H groups in total. The predicted octanol–water partition coefficient (Wildman–Crippen LogP) is 4.00. The summed E-state index contributed by atoms with van der Waals surface area (Å²) in [6.45, 7) is 11.1. The number of nitrogens with zero attached hydrogens (tertiary/aromatic N) is 2. The van der Waals surface area contributed by atoms with Gasteiger partial charge in [-0.3, -0.25) is 9.59 Å². The van der Waals surface area contributed by atoms with Gasteiger partial charge in [0, 0.05) is 45.8 Å². The van der Waals surface area contributed by atoms with E-state index in [4.69, 9.17) is 18.9 Å². The normalized spacial score (nSPS) is 19.3. The first-order valence-corrected chi connectivity index (χ1v) is 15.8. The van der Waals surface area contributed by atoms with Crippen molar-refractivity contribution in [3.63, 3.8) is 0 Å². The number of ether oxygens (including phenoxy) is 4. The number of rotatable bonds is 15. The Kier molecular flexibility index (Phi) is 13.1. The van der Waals surface area contributed by atoms with Crippen LogP contribution >= 0.6 is 0 Å². The first-order valence-electron chi connectivity index (χ1n) is 15.8. The van der Waals surface area contributed by atoms with Gasteiger partial charge in [-0.15, -0.1) is 0 Å². The number of aliphatic hydroxyl groups excluding tert-OH is 1. The summed E-state index contributed by atoms with van der Waals surface area (Å²) in [6.07, 6.45) is 2.96. The fraction of sp³-hybridized carbons (Fsp3) is 0.727. The highest BCUT2D eigenvalue weighted by Crippen LogP contribution is 2.35. The first-order chi connectivity index (χ1) is 20.8. The second kappa shape index (κ2) is 16.3. The largest absolute Gasteiger partial charge is 0.493 e. The molecular formula is C33H53N3O8. The molecule has 1 unspecified atom stereocenters. The van der Waals surface area contributed by atoms with Gasteiger partial charge >= 0.3 is 6.09 Å². The molecule has 3 rings (SSSR count). The number of carbonyl (C=O) groups excluding carboxylic acids is 3. The van der Waals surface area contributed by atoms with Crippen LogP contribution in [0.5, 0.6) is 11.5 Å². The molecule has 3 amide bonds. The van der Waals surface area contributed by atoms with Gasteiger partial charge in [-0.1, -0.05) is 19.9 Å². The van der Waals surface area contributed by atoms with Gasteiger partial charge in [-0.25, -0.2) is 4.79 Å². The van der Waals surface area contributed by atoms with Crippen LogP contribution < -0.4 is 14.8 Å². The number of hydrogen-bond acceptors (Lipinski definition) is 8. The molecule has 0 aromatic heterocycles. The lowest BCUT2D eigenvalue weighted by Crippen LogP contribution is -2.54. The minimum atomic E-state index is -0.718. The maximum absolute atomic E-state index is 14.2. The Morgan fingerprint density at radius 1 is 1.07 bits per heavy atom. The van der Waals surface area contributed by atoms with E-state index in [1.54, 1.807) is 35.0 Å². The molecule has 1 aromatic rings. The minimum Gasteiger partial charge on any atom is -0.493 e.